The third-order valence-electron chi connectivity index (χ3n) is 6.04. The first-order valence-corrected chi connectivity index (χ1v) is 14.5. The van der Waals surface area contributed by atoms with Crippen LogP contribution < -0.4 is 0 Å². The van der Waals surface area contributed by atoms with Crippen molar-refractivity contribution in [3.63, 3.8) is 0 Å². The largest absolute Gasteiger partial charge is 0.439 e. The summed E-state index contributed by atoms with van der Waals surface area (Å²) in [7, 11) is -1.61. The fourth-order valence-corrected chi connectivity index (χ4v) is 6.37. The van der Waals surface area contributed by atoms with Crippen LogP contribution in [0.25, 0.3) is 0 Å². The Balaban J connectivity index is 1.73. The number of nitrogens with zero attached hydrogens (tertiary/aromatic N) is 1. The van der Waals surface area contributed by atoms with Gasteiger partial charge in [-0.05, 0) is 30.0 Å². The Bertz CT molecular complexity index is 952. The molecule has 0 unspecified atom stereocenters. The van der Waals surface area contributed by atoms with E-state index in [1.54, 1.807) is 4.90 Å². The lowest BCUT2D eigenvalue weighted by Crippen LogP contribution is -2.38. The van der Waals surface area contributed by atoms with Gasteiger partial charge in [-0.2, -0.15) is 0 Å². The van der Waals surface area contributed by atoms with E-state index in [2.05, 4.69) is 44.4 Å². The van der Waals surface area contributed by atoms with Crippen molar-refractivity contribution in [1.82, 2.24) is 4.90 Å². The average molecular weight is 434 g/mol. The molecule has 0 bridgehead atoms. The predicted octanol–water partition coefficient (Wildman–Crippen LogP) is 6.42. The number of carbonyl (C=O) groups is 1. The lowest BCUT2D eigenvalue weighted by Gasteiger charge is -2.30. The first-order chi connectivity index (χ1) is 14.9. The summed E-state index contributed by atoms with van der Waals surface area (Å²) >= 11 is 0. The van der Waals surface area contributed by atoms with Gasteiger partial charge in [0.1, 0.15) is 6.04 Å². The predicted molar refractivity (Wildman–Crippen MR) is 126 cm³/mol. The maximum Gasteiger partial charge on any atom is 0.413 e. The van der Waals surface area contributed by atoms with Crippen LogP contribution in [-0.4, -0.2) is 31.4 Å². The van der Waals surface area contributed by atoms with Crippen LogP contribution in [0.5, 0.6) is 0 Å². The molecule has 4 rings (SSSR count). The molecule has 2 aromatic rings. The van der Waals surface area contributed by atoms with E-state index in [4.69, 9.17) is 9.47 Å². The second-order valence-corrected chi connectivity index (χ2v) is 14.3. The highest BCUT2D eigenvalue weighted by atomic mass is 28.3. The molecule has 2 aliphatic heterocycles. The Morgan fingerprint density at radius 2 is 1.61 bits per heavy atom. The van der Waals surface area contributed by atoms with Crippen LogP contribution in [-0.2, 0) is 9.47 Å². The summed E-state index contributed by atoms with van der Waals surface area (Å²) in [5, 5.41) is 1.36. The van der Waals surface area contributed by atoms with Gasteiger partial charge in [0.25, 0.3) is 0 Å². The standard InChI is InChI=1S/C26H31NO3Si/c1-5-6-17-21-22(31(2,3)4)18-23(29-21)27-24(19-13-9-7-10-14-19)25(30-26(27)28)20-15-11-8-12-16-20/h5,7-16,18,21,23-25H,1,6,17H2,2-4H3/t21-,23-,24-,25+/m0/s1. The molecule has 162 valence electrons. The van der Waals surface area contributed by atoms with Crippen LogP contribution >= 0.6 is 0 Å². The maximum absolute atomic E-state index is 13.2. The van der Waals surface area contributed by atoms with Crippen molar-refractivity contribution in [2.75, 3.05) is 0 Å². The van der Waals surface area contributed by atoms with Gasteiger partial charge in [0, 0.05) is 0 Å². The second kappa shape index (κ2) is 8.85. The smallest absolute Gasteiger partial charge is 0.413 e. The van der Waals surface area contributed by atoms with E-state index in [-0.39, 0.29) is 24.3 Å². The van der Waals surface area contributed by atoms with E-state index >= 15 is 0 Å². The molecule has 1 saturated heterocycles. The highest BCUT2D eigenvalue weighted by molar-refractivity contribution is 6.83. The zero-order valence-electron chi connectivity index (χ0n) is 18.5. The SMILES string of the molecule is C=CCC[C@@H]1O[C@H](N2C(=O)O[C@H](c3ccccc3)[C@@H]2c2ccccc2)C=C1[Si](C)(C)C. The van der Waals surface area contributed by atoms with E-state index in [0.29, 0.717) is 0 Å². The fourth-order valence-electron chi connectivity index (χ4n) is 4.55. The van der Waals surface area contributed by atoms with Crippen LogP contribution in [0.3, 0.4) is 0 Å². The minimum Gasteiger partial charge on any atom is -0.439 e. The number of hydrogen-bond acceptors (Lipinski definition) is 3. The molecule has 0 saturated carbocycles. The van der Waals surface area contributed by atoms with E-state index in [1.807, 2.05) is 54.6 Å². The maximum atomic E-state index is 13.2. The monoisotopic (exact) mass is 433 g/mol. The van der Waals surface area contributed by atoms with E-state index in [9.17, 15) is 4.79 Å². The summed E-state index contributed by atoms with van der Waals surface area (Å²) in [5.74, 6) is 0. The minimum atomic E-state index is -1.61. The van der Waals surface area contributed by atoms with Gasteiger partial charge in [-0.15, -0.1) is 6.58 Å². The van der Waals surface area contributed by atoms with Crippen LogP contribution in [0.1, 0.15) is 36.1 Å². The third kappa shape index (κ3) is 4.39. The topological polar surface area (TPSA) is 38.8 Å². The van der Waals surface area contributed by atoms with Crippen LogP contribution in [0, 0.1) is 0 Å². The highest BCUT2D eigenvalue weighted by Crippen LogP contribution is 2.46. The molecule has 2 aromatic carbocycles. The molecular weight excluding hydrogens is 402 g/mol. The molecule has 5 heteroatoms. The molecule has 1 amide bonds. The number of cyclic esters (lactones) is 1. The number of amides is 1. The number of hydrogen-bond donors (Lipinski definition) is 0. The van der Waals surface area contributed by atoms with Gasteiger partial charge in [0.2, 0.25) is 0 Å². The highest BCUT2D eigenvalue weighted by Gasteiger charge is 2.49. The first kappa shape index (κ1) is 21.6. The van der Waals surface area contributed by atoms with Gasteiger partial charge >= 0.3 is 6.09 Å². The number of carbonyl (C=O) groups excluding carboxylic acids is 1. The van der Waals surface area contributed by atoms with Crippen LogP contribution in [0.4, 0.5) is 4.79 Å². The van der Waals surface area contributed by atoms with Crippen molar-refractivity contribution in [3.05, 3.63) is 95.7 Å². The molecule has 4 atom stereocenters. The van der Waals surface area contributed by atoms with Crippen molar-refractivity contribution in [2.45, 2.75) is 57.0 Å². The molecule has 4 nitrogen and oxygen atoms in total. The van der Waals surface area contributed by atoms with Crippen LogP contribution in [0.2, 0.25) is 19.6 Å². The van der Waals surface area contributed by atoms with E-state index < -0.39 is 14.3 Å². The number of benzene rings is 2. The van der Waals surface area contributed by atoms with Gasteiger partial charge in [0.15, 0.2) is 12.3 Å². The van der Waals surface area contributed by atoms with Crippen molar-refractivity contribution in [1.29, 1.82) is 0 Å². The number of ether oxygens (including phenoxy) is 2. The molecular formula is C26H31NO3Si. The summed E-state index contributed by atoms with van der Waals surface area (Å²) in [4.78, 5) is 15.0. The first-order valence-electron chi connectivity index (χ1n) is 11.0. The van der Waals surface area contributed by atoms with Crippen molar-refractivity contribution < 1.29 is 14.3 Å². The Morgan fingerprint density at radius 3 is 2.19 bits per heavy atom. The molecule has 1 fully saturated rings. The lowest BCUT2D eigenvalue weighted by molar-refractivity contribution is -0.0317. The molecule has 0 aliphatic carbocycles. The van der Waals surface area contributed by atoms with E-state index in [0.717, 1.165) is 24.0 Å². The third-order valence-corrected chi connectivity index (χ3v) is 8.26. The molecule has 0 aromatic heterocycles. The molecule has 2 heterocycles. The lowest BCUT2D eigenvalue weighted by atomic mass is 9.95. The summed E-state index contributed by atoms with van der Waals surface area (Å²) in [6, 6.07) is 19.8. The van der Waals surface area contributed by atoms with Gasteiger partial charge in [0.05, 0.1) is 14.2 Å². The van der Waals surface area contributed by atoms with Crippen molar-refractivity contribution >= 4 is 14.2 Å². The summed E-state index contributed by atoms with van der Waals surface area (Å²) < 4.78 is 12.5. The van der Waals surface area contributed by atoms with Gasteiger partial charge in [-0.1, -0.05) is 91.6 Å². The zero-order valence-corrected chi connectivity index (χ0v) is 19.5. The Labute approximate surface area is 186 Å². The normalized spacial score (nSPS) is 26.0. The van der Waals surface area contributed by atoms with Gasteiger partial charge in [-0.3, -0.25) is 4.90 Å². The minimum absolute atomic E-state index is 0.0228. The van der Waals surface area contributed by atoms with Crippen molar-refractivity contribution in [3.8, 4) is 0 Å². The molecule has 0 N–H and O–H groups in total. The quantitative estimate of drug-likeness (QED) is 0.374. The Kier molecular flexibility index (Phi) is 6.16. The molecule has 0 radical (unpaired) electrons. The van der Waals surface area contributed by atoms with Crippen molar-refractivity contribution in [2.24, 2.45) is 0 Å². The fraction of sp³-hybridized carbons (Fsp3) is 0.346. The average Bonchev–Trinajstić information content (AvgIpc) is 3.34. The molecule has 31 heavy (non-hydrogen) atoms. The van der Waals surface area contributed by atoms with Gasteiger partial charge < -0.3 is 9.47 Å². The van der Waals surface area contributed by atoms with E-state index in [1.165, 1.54) is 5.20 Å². The summed E-state index contributed by atoms with van der Waals surface area (Å²) in [6.45, 7) is 10.9. The van der Waals surface area contributed by atoms with Crippen LogP contribution in [0.15, 0.2) is 84.6 Å². The zero-order chi connectivity index (χ0) is 22.0. The Hall–Kier alpha value is -2.63. The molecule has 0 spiro atoms. The molecule has 2 aliphatic rings. The number of allylic oxidation sites excluding steroid dienone is 1. The summed E-state index contributed by atoms with van der Waals surface area (Å²) in [5.41, 5.74) is 2.03. The number of rotatable bonds is 7. The van der Waals surface area contributed by atoms with Gasteiger partial charge in [-0.25, -0.2) is 4.79 Å². The second-order valence-electron chi connectivity index (χ2n) is 9.23. The summed E-state index contributed by atoms with van der Waals surface area (Å²) in [6.07, 6.45) is 4.78. The Morgan fingerprint density at radius 1 is 1.00 bits per heavy atom.